The van der Waals surface area contributed by atoms with E-state index in [-0.39, 0.29) is 24.2 Å². The lowest BCUT2D eigenvalue weighted by Crippen LogP contribution is -2.52. The summed E-state index contributed by atoms with van der Waals surface area (Å²) in [5.74, 6) is 0.0544. The average Bonchev–Trinajstić information content (AvgIpc) is 2.79. The lowest BCUT2D eigenvalue weighted by Gasteiger charge is -2.32. The maximum atomic E-state index is 13.6. The van der Waals surface area contributed by atoms with Gasteiger partial charge in [-0.15, -0.1) is 0 Å². The Morgan fingerprint density at radius 2 is 1.71 bits per heavy atom. The van der Waals surface area contributed by atoms with E-state index in [4.69, 9.17) is 9.47 Å². The topological polar surface area (TPSA) is 105 Å². The van der Waals surface area contributed by atoms with Crippen molar-refractivity contribution in [3.05, 3.63) is 53.6 Å². The summed E-state index contributed by atoms with van der Waals surface area (Å²) in [5.41, 5.74) is 1.80. The van der Waals surface area contributed by atoms with E-state index in [0.29, 0.717) is 11.5 Å². The summed E-state index contributed by atoms with van der Waals surface area (Å²) in [6, 6.07) is 11.3. The van der Waals surface area contributed by atoms with Crippen LogP contribution in [0.2, 0.25) is 0 Å². The second-order valence-electron chi connectivity index (χ2n) is 8.66. The molecule has 10 heteroatoms. The Hall–Kier alpha value is -3.27. The van der Waals surface area contributed by atoms with Crippen molar-refractivity contribution in [1.29, 1.82) is 0 Å². The van der Waals surface area contributed by atoms with Crippen molar-refractivity contribution < 1.29 is 27.5 Å². The van der Waals surface area contributed by atoms with Gasteiger partial charge in [0.25, 0.3) is 0 Å². The van der Waals surface area contributed by atoms with Crippen LogP contribution in [0.5, 0.6) is 11.5 Å². The van der Waals surface area contributed by atoms with Gasteiger partial charge >= 0.3 is 0 Å². The molecule has 192 valence electrons. The van der Waals surface area contributed by atoms with E-state index in [2.05, 4.69) is 5.32 Å². The SMILES string of the molecule is COc1cccc(CN(C(=O)CN(c2cc(C)ccc2OC)S(C)(=O)=O)[C@@H](C)C(=O)NC(C)C)c1. The number of amides is 2. The van der Waals surface area contributed by atoms with E-state index >= 15 is 0 Å². The van der Waals surface area contributed by atoms with Crippen LogP contribution in [0, 0.1) is 6.92 Å². The van der Waals surface area contributed by atoms with Crippen molar-refractivity contribution in [3.63, 3.8) is 0 Å². The van der Waals surface area contributed by atoms with Crippen LogP contribution in [0.1, 0.15) is 31.9 Å². The van der Waals surface area contributed by atoms with E-state index in [0.717, 1.165) is 21.7 Å². The molecule has 0 bridgehead atoms. The van der Waals surface area contributed by atoms with Gasteiger partial charge in [0.2, 0.25) is 21.8 Å². The van der Waals surface area contributed by atoms with Crippen molar-refractivity contribution in [1.82, 2.24) is 10.2 Å². The Labute approximate surface area is 208 Å². The molecule has 2 aromatic carbocycles. The molecule has 0 spiro atoms. The van der Waals surface area contributed by atoms with E-state index in [1.807, 2.05) is 26.8 Å². The summed E-state index contributed by atoms with van der Waals surface area (Å²) < 4.78 is 37.2. The zero-order chi connectivity index (χ0) is 26.3. The highest BCUT2D eigenvalue weighted by Crippen LogP contribution is 2.31. The molecule has 2 aromatic rings. The summed E-state index contributed by atoms with van der Waals surface area (Å²) in [6.07, 6.45) is 1.03. The van der Waals surface area contributed by atoms with E-state index in [1.54, 1.807) is 50.4 Å². The zero-order valence-electron chi connectivity index (χ0n) is 21.4. The molecule has 0 aromatic heterocycles. The van der Waals surface area contributed by atoms with Crippen LogP contribution in [-0.2, 0) is 26.2 Å². The summed E-state index contributed by atoms with van der Waals surface area (Å²) in [4.78, 5) is 27.8. The first-order chi connectivity index (χ1) is 16.4. The highest BCUT2D eigenvalue weighted by atomic mass is 32.2. The van der Waals surface area contributed by atoms with Crippen molar-refractivity contribution >= 4 is 27.5 Å². The van der Waals surface area contributed by atoms with Gasteiger partial charge in [-0.3, -0.25) is 13.9 Å². The van der Waals surface area contributed by atoms with E-state index < -0.39 is 28.5 Å². The Balaban J connectivity index is 2.48. The molecule has 2 amide bonds. The molecule has 35 heavy (non-hydrogen) atoms. The molecule has 0 saturated heterocycles. The quantitative estimate of drug-likeness (QED) is 0.504. The first-order valence-electron chi connectivity index (χ1n) is 11.2. The number of rotatable bonds is 11. The van der Waals surface area contributed by atoms with Crippen molar-refractivity contribution in [2.24, 2.45) is 0 Å². The normalized spacial score (nSPS) is 12.1. The monoisotopic (exact) mass is 505 g/mol. The first-order valence-corrected chi connectivity index (χ1v) is 13.1. The van der Waals surface area contributed by atoms with Crippen molar-refractivity contribution in [3.8, 4) is 11.5 Å². The molecule has 0 aliphatic rings. The maximum Gasteiger partial charge on any atom is 0.244 e. The Morgan fingerprint density at radius 1 is 1.03 bits per heavy atom. The minimum absolute atomic E-state index is 0.0886. The van der Waals surface area contributed by atoms with Crippen LogP contribution < -0.4 is 19.1 Å². The van der Waals surface area contributed by atoms with Crippen LogP contribution in [-0.4, -0.2) is 64.2 Å². The number of carbonyl (C=O) groups is 2. The number of benzene rings is 2. The second-order valence-corrected chi connectivity index (χ2v) is 10.6. The molecule has 1 N–H and O–H groups in total. The average molecular weight is 506 g/mol. The summed E-state index contributed by atoms with van der Waals surface area (Å²) in [5, 5.41) is 2.82. The lowest BCUT2D eigenvalue weighted by molar-refractivity contribution is -0.139. The number of hydrogen-bond donors (Lipinski definition) is 1. The third kappa shape index (κ3) is 7.61. The molecule has 2 rings (SSSR count). The summed E-state index contributed by atoms with van der Waals surface area (Å²) in [6.45, 7) is 6.68. The van der Waals surface area contributed by atoms with Gasteiger partial charge in [0.1, 0.15) is 24.1 Å². The summed E-state index contributed by atoms with van der Waals surface area (Å²) in [7, 11) is -0.883. The largest absolute Gasteiger partial charge is 0.497 e. The number of anilines is 1. The van der Waals surface area contributed by atoms with Gasteiger partial charge in [0.15, 0.2) is 0 Å². The minimum Gasteiger partial charge on any atom is -0.497 e. The lowest BCUT2D eigenvalue weighted by atomic mass is 10.1. The fourth-order valence-electron chi connectivity index (χ4n) is 3.54. The van der Waals surface area contributed by atoms with Crippen LogP contribution in [0.15, 0.2) is 42.5 Å². The van der Waals surface area contributed by atoms with Gasteiger partial charge in [-0.05, 0) is 63.1 Å². The molecule has 0 saturated carbocycles. The maximum absolute atomic E-state index is 13.6. The number of nitrogens with zero attached hydrogens (tertiary/aromatic N) is 2. The predicted octanol–water partition coefficient (Wildman–Crippen LogP) is 2.72. The standard InChI is InChI=1S/C25H35N3O6S/c1-17(2)26-25(30)19(4)27(15-20-9-8-10-21(14-20)33-5)24(29)16-28(35(7,31)32)22-13-18(3)11-12-23(22)34-6/h8-14,17,19H,15-16H2,1-7H3,(H,26,30)/t19-/m0/s1. The van der Waals surface area contributed by atoms with Crippen LogP contribution >= 0.6 is 0 Å². The van der Waals surface area contributed by atoms with Gasteiger partial charge in [0.05, 0.1) is 26.2 Å². The number of methoxy groups -OCH3 is 2. The number of aryl methyl sites for hydroxylation is 1. The Bertz CT molecular complexity index is 1150. The third-order valence-electron chi connectivity index (χ3n) is 5.37. The zero-order valence-corrected chi connectivity index (χ0v) is 22.2. The molecule has 0 heterocycles. The predicted molar refractivity (Wildman–Crippen MR) is 136 cm³/mol. The first kappa shape index (κ1) is 28.0. The van der Waals surface area contributed by atoms with Crippen LogP contribution in [0.3, 0.4) is 0 Å². The summed E-state index contributed by atoms with van der Waals surface area (Å²) >= 11 is 0. The van der Waals surface area contributed by atoms with Gasteiger partial charge in [0, 0.05) is 12.6 Å². The van der Waals surface area contributed by atoms with Crippen molar-refractivity contribution in [2.45, 2.75) is 46.3 Å². The smallest absolute Gasteiger partial charge is 0.244 e. The molecule has 0 radical (unpaired) electrons. The molecule has 1 atom stereocenters. The third-order valence-corrected chi connectivity index (χ3v) is 6.49. The highest BCUT2D eigenvalue weighted by Gasteiger charge is 2.31. The fourth-order valence-corrected chi connectivity index (χ4v) is 4.39. The second kappa shape index (κ2) is 11.9. The number of hydrogen-bond acceptors (Lipinski definition) is 6. The fraction of sp³-hybridized carbons (Fsp3) is 0.440. The van der Waals surface area contributed by atoms with Crippen molar-refractivity contribution in [2.75, 3.05) is 31.3 Å². The molecular formula is C25H35N3O6S. The number of sulfonamides is 1. The molecule has 0 aliphatic heterocycles. The van der Waals surface area contributed by atoms with E-state index in [1.165, 1.54) is 12.0 Å². The molecule has 0 fully saturated rings. The minimum atomic E-state index is -3.86. The van der Waals surface area contributed by atoms with Gasteiger partial charge in [-0.1, -0.05) is 18.2 Å². The van der Waals surface area contributed by atoms with Crippen LogP contribution in [0.4, 0.5) is 5.69 Å². The molecule has 0 unspecified atom stereocenters. The Kier molecular flexibility index (Phi) is 9.53. The number of ether oxygens (including phenoxy) is 2. The highest BCUT2D eigenvalue weighted by molar-refractivity contribution is 7.92. The van der Waals surface area contributed by atoms with Crippen LogP contribution in [0.25, 0.3) is 0 Å². The molecule has 0 aliphatic carbocycles. The van der Waals surface area contributed by atoms with Gasteiger partial charge < -0.3 is 19.7 Å². The van der Waals surface area contributed by atoms with Gasteiger partial charge in [-0.2, -0.15) is 0 Å². The number of nitrogens with one attached hydrogen (secondary N) is 1. The Morgan fingerprint density at radius 3 is 2.29 bits per heavy atom. The molecular weight excluding hydrogens is 470 g/mol. The van der Waals surface area contributed by atoms with E-state index in [9.17, 15) is 18.0 Å². The molecule has 9 nitrogen and oxygen atoms in total. The van der Waals surface area contributed by atoms with Gasteiger partial charge in [-0.25, -0.2) is 8.42 Å². The number of carbonyl (C=O) groups excluding carboxylic acids is 2.